The van der Waals surface area contributed by atoms with Crippen LogP contribution >= 0.6 is 11.6 Å². The summed E-state index contributed by atoms with van der Waals surface area (Å²) in [5, 5.41) is 0.508. The number of ketones is 1. The van der Waals surface area contributed by atoms with Crippen molar-refractivity contribution in [3.8, 4) is 0 Å². The number of hydrogen-bond acceptors (Lipinski definition) is 5. The Labute approximate surface area is 184 Å². The van der Waals surface area contributed by atoms with E-state index < -0.39 is 12.6 Å². The van der Waals surface area contributed by atoms with E-state index in [-0.39, 0.29) is 40.9 Å². The van der Waals surface area contributed by atoms with Gasteiger partial charge < -0.3 is 4.74 Å². The van der Waals surface area contributed by atoms with Crippen molar-refractivity contribution < 1.29 is 23.9 Å². The Hall–Kier alpha value is -3.25. The highest BCUT2D eigenvalue weighted by atomic mass is 35.5. The highest BCUT2D eigenvalue weighted by Crippen LogP contribution is 2.40. The van der Waals surface area contributed by atoms with Crippen LogP contribution in [0.4, 0.5) is 5.69 Å². The molecule has 0 spiro atoms. The number of Topliss-reactive ketones (excluding diaryl/α,β-unsaturated/α-hetero) is 1. The molecule has 31 heavy (non-hydrogen) atoms. The average Bonchev–Trinajstić information content (AvgIpc) is 3.03. The number of imide groups is 1. The molecule has 7 heteroatoms. The monoisotopic (exact) mass is 437 g/mol. The summed E-state index contributed by atoms with van der Waals surface area (Å²) in [5.41, 5.74) is 1.04. The van der Waals surface area contributed by atoms with E-state index in [1.165, 1.54) is 17.0 Å². The number of allylic oxidation sites excluding steroid dienone is 2. The van der Waals surface area contributed by atoms with Crippen LogP contribution in [0, 0.1) is 17.8 Å². The molecular weight excluding hydrogens is 418 g/mol. The van der Waals surface area contributed by atoms with Gasteiger partial charge in [-0.2, -0.15) is 0 Å². The number of benzene rings is 2. The van der Waals surface area contributed by atoms with E-state index in [4.69, 9.17) is 16.3 Å². The molecule has 2 aromatic carbocycles. The minimum absolute atomic E-state index is 0.00706. The van der Waals surface area contributed by atoms with Gasteiger partial charge in [0.1, 0.15) is 0 Å². The Bertz CT molecular complexity index is 1070. The van der Waals surface area contributed by atoms with Gasteiger partial charge in [0, 0.05) is 10.6 Å². The first-order valence-electron chi connectivity index (χ1n) is 9.97. The number of halogens is 1. The number of hydrogen-bond donors (Lipinski definition) is 0. The lowest BCUT2D eigenvalue weighted by atomic mass is 9.78. The van der Waals surface area contributed by atoms with Gasteiger partial charge in [0.25, 0.3) is 0 Å². The topological polar surface area (TPSA) is 80.8 Å². The van der Waals surface area contributed by atoms with Gasteiger partial charge in [0.2, 0.25) is 11.8 Å². The summed E-state index contributed by atoms with van der Waals surface area (Å²) in [6.45, 7) is 1.53. The smallest absolute Gasteiger partial charge is 0.338 e. The van der Waals surface area contributed by atoms with Crippen LogP contribution in [0.3, 0.4) is 0 Å². The van der Waals surface area contributed by atoms with Crippen LogP contribution in [0.5, 0.6) is 0 Å². The van der Waals surface area contributed by atoms with Crippen molar-refractivity contribution in [2.24, 2.45) is 17.8 Å². The number of nitrogens with zero attached hydrogens (tertiary/aromatic N) is 1. The maximum absolute atomic E-state index is 12.8. The summed E-state index contributed by atoms with van der Waals surface area (Å²) < 4.78 is 5.10. The lowest BCUT2D eigenvalue weighted by molar-refractivity contribution is -0.122. The van der Waals surface area contributed by atoms with Crippen molar-refractivity contribution in [3.05, 3.63) is 76.8 Å². The molecule has 0 N–H and O–H groups in total. The summed E-state index contributed by atoms with van der Waals surface area (Å²) in [7, 11) is 0. The van der Waals surface area contributed by atoms with Crippen LogP contribution in [0.2, 0.25) is 5.02 Å². The number of rotatable bonds is 5. The molecule has 2 aromatic rings. The lowest BCUT2D eigenvalue weighted by Crippen LogP contribution is -2.31. The van der Waals surface area contributed by atoms with Crippen molar-refractivity contribution in [1.29, 1.82) is 0 Å². The summed E-state index contributed by atoms with van der Waals surface area (Å²) in [5.74, 6) is -2.12. The van der Waals surface area contributed by atoms with Crippen molar-refractivity contribution in [2.45, 2.75) is 13.3 Å². The fraction of sp³-hybridized carbons (Fsp3) is 0.250. The number of carbonyl (C=O) groups excluding carboxylic acids is 4. The largest absolute Gasteiger partial charge is 0.454 e. The third-order valence-corrected chi connectivity index (χ3v) is 5.99. The van der Waals surface area contributed by atoms with E-state index in [0.717, 1.165) is 0 Å². The van der Waals surface area contributed by atoms with Crippen LogP contribution in [-0.4, -0.2) is 30.2 Å². The molecule has 1 saturated heterocycles. The number of ether oxygens (including phenoxy) is 1. The first-order chi connectivity index (χ1) is 14.9. The molecule has 2 amide bonds. The van der Waals surface area contributed by atoms with E-state index in [0.29, 0.717) is 22.7 Å². The van der Waals surface area contributed by atoms with Gasteiger partial charge in [0.05, 0.1) is 23.1 Å². The van der Waals surface area contributed by atoms with E-state index in [1.54, 1.807) is 36.4 Å². The number of esters is 1. The summed E-state index contributed by atoms with van der Waals surface area (Å²) >= 11 is 5.80. The Morgan fingerprint density at radius 3 is 2.29 bits per heavy atom. The summed E-state index contributed by atoms with van der Waals surface area (Å²) in [6, 6.07) is 12.3. The standard InChI is InChI=1S/C24H20ClNO5/c1-14-3-2-4-19-21(14)23(29)26(22(19)28)18-11-7-16(8-12-18)24(30)31-13-20(27)15-5-9-17(25)10-6-15/h2-3,5-12,14,19,21H,4,13H2,1H3. The SMILES string of the molecule is CC1C=CCC2C(=O)N(c3ccc(C(=O)OCC(=O)c4ccc(Cl)cc4)cc3)C(=O)C12. The minimum Gasteiger partial charge on any atom is -0.454 e. The Morgan fingerprint density at radius 1 is 1.00 bits per heavy atom. The number of carbonyl (C=O) groups is 4. The average molecular weight is 438 g/mol. The Balaban J connectivity index is 1.41. The number of anilines is 1. The van der Waals surface area contributed by atoms with Crippen LogP contribution in [-0.2, 0) is 14.3 Å². The van der Waals surface area contributed by atoms with E-state index in [9.17, 15) is 19.2 Å². The zero-order valence-electron chi connectivity index (χ0n) is 16.8. The Morgan fingerprint density at radius 2 is 1.65 bits per heavy atom. The zero-order chi connectivity index (χ0) is 22.1. The predicted molar refractivity (Wildman–Crippen MR) is 115 cm³/mol. The van der Waals surface area contributed by atoms with Gasteiger partial charge in [-0.3, -0.25) is 19.3 Å². The van der Waals surface area contributed by atoms with Gasteiger partial charge in [-0.15, -0.1) is 0 Å². The Kier molecular flexibility index (Phi) is 5.74. The van der Waals surface area contributed by atoms with Crippen LogP contribution < -0.4 is 4.90 Å². The molecule has 0 radical (unpaired) electrons. The zero-order valence-corrected chi connectivity index (χ0v) is 17.5. The van der Waals surface area contributed by atoms with Crippen LogP contribution in [0.1, 0.15) is 34.1 Å². The molecule has 0 bridgehead atoms. The molecule has 1 aliphatic heterocycles. The van der Waals surface area contributed by atoms with Crippen molar-refractivity contribution >= 4 is 40.9 Å². The van der Waals surface area contributed by atoms with E-state index >= 15 is 0 Å². The maximum Gasteiger partial charge on any atom is 0.338 e. The van der Waals surface area contributed by atoms with Crippen LogP contribution in [0.25, 0.3) is 0 Å². The molecule has 1 heterocycles. The molecular formula is C24H20ClNO5. The first kappa shape index (κ1) is 21.0. The van der Waals surface area contributed by atoms with Crippen molar-refractivity contribution in [1.82, 2.24) is 0 Å². The molecule has 1 fully saturated rings. The highest BCUT2D eigenvalue weighted by molar-refractivity contribution is 6.30. The highest BCUT2D eigenvalue weighted by Gasteiger charge is 2.50. The molecule has 4 rings (SSSR count). The summed E-state index contributed by atoms with van der Waals surface area (Å²) in [4.78, 5) is 51.3. The molecule has 0 aromatic heterocycles. The van der Waals surface area contributed by atoms with Gasteiger partial charge in [-0.1, -0.05) is 30.7 Å². The summed E-state index contributed by atoms with van der Waals surface area (Å²) in [6.07, 6.45) is 4.48. The fourth-order valence-electron chi connectivity index (χ4n) is 4.08. The van der Waals surface area contributed by atoms with Crippen LogP contribution in [0.15, 0.2) is 60.7 Å². The fourth-order valence-corrected chi connectivity index (χ4v) is 4.21. The molecule has 0 saturated carbocycles. The second kappa shape index (κ2) is 8.47. The quantitative estimate of drug-likeness (QED) is 0.305. The minimum atomic E-state index is -0.667. The van der Waals surface area contributed by atoms with Gasteiger partial charge >= 0.3 is 5.97 Å². The second-order valence-electron chi connectivity index (χ2n) is 7.72. The number of fused-ring (bicyclic) bond motifs is 1. The van der Waals surface area contributed by atoms with E-state index in [1.807, 2.05) is 19.1 Å². The molecule has 1 aliphatic carbocycles. The van der Waals surface area contributed by atoms with E-state index in [2.05, 4.69) is 0 Å². The molecule has 3 unspecified atom stereocenters. The third-order valence-electron chi connectivity index (χ3n) is 5.73. The van der Waals surface area contributed by atoms with Crippen molar-refractivity contribution in [3.63, 3.8) is 0 Å². The predicted octanol–water partition coefficient (Wildman–Crippen LogP) is 4.08. The normalized spacial score (nSPS) is 22.4. The molecule has 6 nitrogen and oxygen atoms in total. The van der Waals surface area contributed by atoms with Gasteiger partial charge in [-0.05, 0) is 60.9 Å². The third kappa shape index (κ3) is 4.03. The molecule has 3 atom stereocenters. The molecule has 2 aliphatic rings. The molecule has 158 valence electrons. The van der Waals surface area contributed by atoms with Gasteiger partial charge in [0.15, 0.2) is 12.4 Å². The van der Waals surface area contributed by atoms with Gasteiger partial charge in [-0.25, -0.2) is 4.79 Å². The number of amides is 2. The first-order valence-corrected chi connectivity index (χ1v) is 10.3. The lowest BCUT2D eigenvalue weighted by Gasteiger charge is -2.22. The maximum atomic E-state index is 12.8. The van der Waals surface area contributed by atoms with Crippen molar-refractivity contribution in [2.75, 3.05) is 11.5 Å². The second-order valence-corrected chi connectivity index (χ2v) is 8.16.